The summed E-state index contributed by atoms with van der Waals surface area (Å²) in [4.78, 5) is 37.8. The van der Waals surface area contributed by atoms with E-state index in [4.69, 9.17) is 14.2 Å². The predicted octanol–water partition coefficient (Wildman–Crippen LogP) is 16.3. The van der Waals surface area contributed by atoms with Crippen molar-refractivity contribution in [3.63, 3.8) is 0 Å². The van der Waals surface area contributed by atoms with Crippen molar-refractivity contribution in [3.8, 4) is 0 Å². The predicted molar refractivity (Wildman–Crippen MR) is 252 cm³/mol. The van der Waals surface area contributed by atoms with Gasteiger partial charge in [0.1, 0.15) is 13.2 Å². The van der Waals surface area contributed by atoms with Gasteiger partial charge in [-0.3, -0.25) is 14.4 Å². The standard InChI is InChI=1S/C53H94O6/c1-4-7-10-13-16-19-22-25-26-29-31-34-37-40-43-46-52(55)58-49-50(59-53(56)47-44-41-38-35-32-28-24-21-18-15-12-9-6-3)48-57-51(54)45-42-39-36-33-30-27-23-20-17-14-11-8-5-2/h9,12,18,21,28,32,38,41,50H,4-8,10-11,13-17,19-20,22-27,29-31,33-37,39-40,42-49H2,1-3H3/b12-9-,21-18-,32-28-,41-38-. The van der Waals surface area contributed by atoms with Gasteiger partial charge in [-0.1, -0.05) is 236 Å². The van der Waals surface area contributed by atoms with Crippen LogP contribution in [0.25, 0.3) is 0 Å². The molecule has 0 aliphatic heterocycles. The van der Waals surface area contributed by atoms with Crippen molar-refractivity contribution in [1.82, 2.24) is 0 Å². The zero-order chi connectivity index (χ0) is 43.0. The van der Waals surface area contributed by atoms with E-state index in [2.05, 4.69) is 57.2 Å². The summed E-state index contributed by atoms with van der Waals surface area (Å²) in [5.41, 5.74) is 0. The van der Waals surface area contributed by atoms with E-state index in [0.717, 1.165) is 64.2 Å². The molecule has 342 valence electrons. The Morgan fingerprint density at radius 1 is 0.356 bits per heavy atom. The van der Waals surface area contributed by atoms with E-state index in [9.17, 15) is 14.4 Å². The highest BCUT2D eigenvalue weighted by atomic mass is 16.6. The van der Waals surface area contributed by atoms with Crippen LogP contribution in [0.2, 0.25) is 0 Å². The van der Waals surface area contributed by atoms with Crippen molar-refractivity contribution in [1.29, 1.82) is 0 Å². The lowest BCUT2D eigenvalue weighted by molar-refractivity contribution is -0.166. The Morgan fingerprint density at radius 3 is 1.00 bits per heavy atom. The van der Waals surface area contributed by atoms with E-state index >= 15 is 0 Å². The van der Waals surface area contributed by atoms with Gasteiger partial charge in [-0.15, -0.1) is 0 Å². The number of hydrogen-bond acceptors (Lipinski definition) is 6. The molecule has 0 aromatic carbocycles. The van der Waals surface area contributed by atoms with Crippen LogP contribution in [0.15, 0.2) is 48.6 Å². The summed E-state index contributed by atoms with van der Waals surface area (Å²) in [6, 6.07) is 0. The summed E-state index contributed by atoms with van der Waals surface area (Å²) < 4.78 is 16.7. The Bertz CT molecular complexity index is 1040. The van der Waals surface area contributed by atoms with Crippen LogP contribution in [0.3, 0.4) is 0 Å². The Hall–Kier alpha value is -2.63. The number of rotatable bonds is 45. The molecule has 0 radical (unpaired) electrons. The second-order valence-corrected chi connectivity index (χ2v) is 16.7. The minimum absolute atomic E-state index is 0.0979. The van der Waals surface area contributed by atoms with Gasteiger partial charge in [0.05, 0.1) is 0 Å². The molecular weight excluding hydrogens is 733 g/mol. The molecule has 0 N–H and O–H groups in total. The molecule has 0 saturated heterocycles. The molecule has 0 fully saturated rings. The van der Waals surface area contributed by atoms with Crippen LogP contribution in [-0.2, 0) is 28.6 Å². The molecule has 6 heteroatoms. The fourth-order valence-corrected chi connectivity index (χ4v) is 7.10. The largest absolute Gasteiger partial charge is 0.462 e. The van der Waals surface area contributed by atoms with Gasteiger partial charge < -0.3 is 14.2 Å². The zero-order valence-electron chi connectivity index (χ0n) is 39.0. The van der Waals surface area contributed by atoms with Crippen molar-refractivity contribution in [2.45, 2.75) is 258 Å². The number of carbonyl (C=O) groups is 3. The first-order valence-electron chi connectivity index (χ1n) is 25.1. The lowest BCUT2D eigenvalue weighted by atomic mass is 10.0. The average molecular weight is 827 g/mol. The van der Waals surface area contributed by atoms with Crippen LogP contribution >= 0.6 is 0 Å². The first-order valence-corrected chi connectivity index (χ1v) is 25.1. The summed E-state index contributed by atoms with van der Waals surface area (Å²) in [7, 11) is 0. The molecule has 0 aliphatic rings. The maximum absolute atomic E-state index is 12.7. The van der Waals surface area contributed by atoms with Crippen LogP contribution in [0.5, 0.6) is 0 Å². The number of esters is 3. The third kappa shape index (κ3) is 46.3. The van der Waals surface area contributed by atoms with Crippen LogP contribution < -0.4 is 0 Å². The highest BCUT2D eigenvalue weighted by molar-refractivity contribution is 5.71. The number of unbranched alkanes of at least 4 members (excludes halogenated alkanes) is 26. The molecule has 1 atom stereocenters. The lowest BCUT2D eigenvalue weighted by Gasteiger charge is -2.18. The van der Waals surface area contributed by atoms with Gasteiger partial charge in [-0.05, 0) is 44.9 Å². The highest BCUT2D eigenvalue weighted by Crippen LogP contribution is 2.16. The maximum atomic E-state index is 12.7. The van der Waals surface area contributed by atoms with Gasteiger partial charge >= 0.3 is 17.9 Å². The van der Waals surface area contributed by atoms with Crippen LogP contribution in [0.4, 0.5) is 0 Å². The van der Waals surface area contributed by atoms with E-state index in [-0.39, 0.29) is 37.5 Å². The quantitative estimate of drug-likeness (QED) is 0.0263. The zero-order valence-corrected chi connectivity index (χ0v) is 39.0. The second-order valence-electron chi connectivity index (χ2n) is 16.7. The van der Waals surface area contributed by atoms with Crippen molar-refractivity contribution >= 4 is 17.9 Å². The van der Waals surface area contributed by atoms with Crippen LogP contribution in [0.1, 0.15) is 252 Å². The molecule has 0 aliphatic carbocycles. The van der Waals surface area contributed by atoms with Crippen molar-refractivity contribution in [2.75, 3.05) is 13.2 Å². The molecule has 0 bridgehead atoms. The number of hydrogen-bond donors (Lipinski definition) is 0. The fraction of sp³-hybridized carbons (Fsp3) is 0.792. The van der Waals surface area contributed by atoms with Gasteiger partial charge in [0.15, 0.2) is 6.10 Å². The minimum Gasteiger partial charge on any atom is -0.462 e. The van der Waals surface area contributed by atoms with Gasteiger partial charge in [-0.25, -0.2) is 0 Å². The molecule has 6 nitrogen and oxygen atoms in total. The molecule has 0 amide bonds. The molecule has 0 rings (SSSR count). The lowest BCUT2D eigenvalue weighted by Crippen LogP contribution is -2.30. The summed E-state index contributed by atoms with van der Waals surface area (Å²) in [6.07, 6.45) is 56.8. The molecule has 0 saturated carbocycles. The SMILES string of the molecule is CC/C=C\C/C=C\C/C=C\C/C=C\CCC(=O)OC(COC(=O)CCCCCCCCCCCCCCC)COC(=O)CCCCCCCCCCCCCCCCC. The Balaban J connectivity index is 4.42. The van der Waals surface area contributed by atoms with Gasteiger partial charge in [0.25, 0.3) is 0 Å². The minimum atomic E-state index is -0.805. The fourth-order valence-electron chi connectivity index (χ4n) is 7.10. The monoisotopic (exact) mass is 827 g/mol. The summed E-state index contributed by atoms with van der Waals surface area (Å²) in [6.45, 7) is 6.47. The second kappa shape index (κ2) is 48.0. The first-order chi connectivity index (χ1) is 29.0. The van der Waals surface area contributed by atoms with Crippen LogP contribution in [0, 0.1) is 0 Å². The molecule has 0 aromatic rings. The first kappa shape index (κ1) is 56.4. The maximum Gasteiger partial charge on any atom is 0.306 e. The van der Waals surface area contributed by atoms with Crippen molar-refractivity contribution in [2.24, 2.45) is 0 Å². The van der Waals surface area contributed by atoms with E-state index in [1.165, 1.54) is 141 Å². The Labute approximate surface area is 365 Å². The van der Waals surface area contributed by atoms with E-state index in [1.54, 1.807) is 0 Å². The highest BCUT2D eigenvalue weighted by Gasteiger charge is 2.19. The molecule has 0 spiro atoms. The number of carbonyl (C=O) groups excluding carboxylic acids is 3. The van der Waals surface area contributed by atoms with Crippen molar-refractivity contribution < 1.29 is 28.6 Å². The number of allylic oxidation sites excluding steroid dienone is 8. The topological polar surface area (TPSA) is 78.9 Å². The van der Waals surface area contributed by atoms with Crippen LogP contribution in [-0.4, -0.2) is 37.2 Å². The summed E-state index contributed by atoms with van der Waals surface area (Å²) in [5.74, 6) is -0.972. The molecule has 0 heterocycles. The normalized spacial score (nSPS) is 12.4. The summed E-state index contributed by atoms with van der Waals surface area (Å²) >= 11 is 0. The molecular formula is C53H94O6. The van der Waals surface area contributed by atoms with E-state index in [0.29, 0.717) is 19.3 Å². The Kier molecular flexibility index (Phi) is 45.9. The van der Waals surface area contributed by atoms with E-state index < -0.39 is 6.10 Å². The summed E-state index contributed by atoms with van der Waals surface area (Å²) in [5, 5.41) is 0. The van der Waals surface area contributed by atoms with Gasteiger partial charge in [0.2, 0.25) is 0 Å². The average Bonchev–Trinajstić information content (AvgIpc) is 3.23. The molecule has 1 unspecified atom stereocenters. The Morgan fingerprint density at radius 2 is 0.661 bits per heavy atom. The number of ether oxygens (including phenoxy) is 3. The van der Waals surface area contributed by atoms with Crippen molar-refractivity contribution in [3.05, 3.63) is 48.6 Å². The molecule has 0 aromatic heterocycles. The third-order valence-corrected chi connectivity index (χ3v) is 10.9. The smallest absolute Gasteiger partial charge is 0.306 e. The third-order valence-electron chi connectivity index (χ3n) is 10.9. The van der Waals surface area contributed by atoms with Gasteiger partial charge in [0, 0.05) is 19.3 Å². The van der Waals surface area contributed by atoms with E-state index in [1.807, 2.05) is 12.2 Å². The van der Waals surface area contributed by atoms with Gasteiger partial charge in [-0.2, -0.15) is 0 Å². The molecule has 59 heavy (non-hydrogen) atoms.